The minimum Gasteiger partial charge on any atom is -0.482 e. The van der Waals surface area contributed by atoms with Crippen LogP contribution in [0.2, 0.25) is 10.0 Å². The lowest BCUT2D eigenvalue weighted by Gasteiger charge is -2.46. The van der Waals surface area contributed by atoms with Crippen molar-refractivity contribution in [3.63, 3.8) is 0 Å². The van der Waals surface area contributed by atoms with Crippen molar-refractivity contribution in [2.45, 2.75) is 23.8 Å². The number of ether oxygens (including phenoxy) is 2. The van der Waals surface area contributed by atoms with E-state index in [1.807, 2.05) is 0 Å². The van der Waals surface area contributed by atoms with Crippen LogP contribution in [0.3, 0.4) is 0 Å². The Balaban J connectivity index is 1.79. The largest absolute Gasteiger partial charge is 0.482 e. The zero-order chi connectivity index (χ0) is 27.2. The van der Waals surface area contributed by atoms with Gasteiger partial charge in [-0.2, -0.15) is 0 Å². The minimum atomic E-state index is -1.67. The summed E-state index contributed by atoms with van der Waals surface area (Å²) in [5.41, 5.74) is -0.763. The van der Waals surface area contributed by atoms with Gasteiger partial charge in [-0.25, -0.2) is 13.6 Å². The standard InChI is InChI=1S/C27H20Cl2F2N2O5/c1-37-24(35)12-38-22-7-3-13(28)8-16(22)19-11-23(34)33-25(17-10-15(30)4-6-20(17)31)27(19)18-5-2-14(29)9-21(18)32-26(27)36/h2-10,19,25H,11-12H2,1H3,(H,32,36)(H,33,34)/t19?,25-,27-/m1/s1. The highest BCUT2D eigenvalue weighted by Crippen LogP contribution is 2.59. The number of piperidine rings is 1. The Morgan fingerprint density at radius 3 is 2.53 bits per heavy atom. The van der Waals surface area contributed by atoms with E-state index >= 15 is 4.39 Å². The van der Waals surface area contributed by atoms with Crippen LogP contribution in [-0.4, -0.2) is 31.5 Å². The average Bonchev–Trinajstić information content (AvgIpc) is 3.16. The van der Waals surface area contributed by atoms with Crippen LogP contribution in [0.4, 0.5) is 14.5 Å². The zero-order valence-electron chi connectivity index (χ0n) is 19.8. The molecule has 0 aliphatic carbocycles. The van der Waals surface area contributed by atoms with E-state index in [1.165, 1.54) is 25.3 Å². The molecule has 0 radical (unpaired) electrons. The number of esters is 1. The maximum atomic E-state index is 15.2. The molecule has 2 amide bonds. The molecule has 11 heteroatoms. The fourth-order valence-corrected chi connectivity index (χ4v) is 5.73. The van der Waals surface area contributed by atoms with E-state index in [9.17, 15) is 18.8 Å². The molecule has 1 spiro atoms. The van der Waals surface area contributed by atoms with E-state index in [1.54, 1.807) is 18.2 Å². The minimum absolute atomic E-state index is 0.174. The van der Waals surface area contributed by atoms with E-state index in [2.05, 4.69) is 15.4 Å². The summed E-state index contributed by atoms with van der Waals surface area (Å²) in [7, 11) is 1.21. The average molecular weight is 561 g/mol. The normalized spacial score (nSPS) is 22.0. The first-order valence-electron chi connectivity index (χ1n) is 11.5. The lowest BCUT2D eigenvalue weighted by molar-refractivity contribution is -0.143. The second-order valence-corrected chi connectivity index (χ2v) is 9.86. The summed E-state index contributed by atoms with van der Waals surface area (Å²) in [4.78, 5) is 39.0. The molecule has 2 aliphatic rings. The third-order valence-electron chi connectivity index (χ3n) is 6.94. The molecule has 3 atom stereocenters. The number of hydrogen-bond acceptors (Lipinski definition) is 5. The molecule has 38 heavy (non-hydrogen) atoms. The van der Waals surface area contributed by atoms with Gasteiger partial charge in [-0.3, -0.25) is 9.59 Å². The molecule has 1 saturated heterocycles. The van der Waals surface area contributed by atoms with Crippen molar-refractivity contribution in [3.05, 3.63) is 93.0 Å². The van der Waals surface area contributed by atoms with Crippen LogP contribution in [0, 0.1) is 11.6 Å². The molecule has 0 aromatic heterocycles. The van der Waals surface area contributed by atoms with Gasteiger partial charge in [0.15, 0.2) is 6.61 Å². The van der Waals surface area contributed by atoms with Crippen LogP contribution >= 0.6 is 23.2 Å². The third-order valence-corrected chi connectivity index (χ3v) is 7.41. The van der Waals surface area contributed by atoms with Gasteiger partial charge < -0.3 is 20.1 Å². The summed E-state index contributed by atoms with van der Waals surface area (Å²) >= 11 is 12.5. The SMILES string of the molecule is COC(=O)COc1ccc(Cl)cc1C1CC(=O)N[C@H](c2cc(F)ccc2F)[C@]12C(=O)Nc1cc(Cl)ccc12. The molecule has 5 rings (SSSR count). The summed E-state index contributed by atoms with van der Waals surface area (Å²) < 4.78 is 40.0. The van der Waals surface area contributed by atoms with Gasteiger partial charge in [0.05, 0.1) is 13.2 Å². The summed E-state index contributed by atoms with van der Waals surface area (Å²) in [6.07, 6.45) is -0.224. The first-order chi connectivity index (χ1) is 18.1. The molecule has 7 nitrogen and oxygen atoms in total. The van der Waals surface area contributed by atoms with E-state index in [0.29, 0.717) is 21.8 Å². The lowest BCUT2D eigenvalue weighted by atomic mass is 9.59. The van der Waals surface area contributed by atoms with Gasteiger partial charge in [-0.05, 0) is 54.1 Å². The van der Waals surface area contributed by atoms with Gasteiger partial charge in [-0.1, -0.05) is 29.3 Å². The predicted octanol–water partition coefficient (Wildman–Crippen LogP) is 5.06. The summed E-state index contributed by atoms with van der Waals surface area (Å²) in [5, 5.41) is 6.14. The molecule has 2 heterocycles. The fraction of sp³-hybridized carbons (Fsp3) is 0.222. The van der Waals surface area contributed by atoms with Crippen molar-refractivity contribution < 1.29 is 32.6 Å². The number of nitrogens with one attached hydrogen (secondary N) is 2. The Kier molecular flexibility index (Phi) is 6.75. The van der Waals surface area contributed by atoms with Crippen LogP contribution in [0.5, 0.6) is 5.75 Å². The Labute approximate surface area is 226 Å². The molecule has 1 unspecified atom stereocenters. The maximum absolute atomic E-state index is 15.2. The number of rotatable bonds is 5. The van der Waals surface area contributed by atoms with Crippen molar-refractivity contribution in [2.75, 3.05) is 19.0 Å². The highest BCUT2D eigenvalue weighted by atomic mass is 35.5. The van der Waals surface area contributed by atoms with Crippen molar-refractivity contribution in [1.82, 2.24) is 5.32 Å². The summed E-state index contributed by atoms with van der Waals surface area (Å²) in [6, 6.07) is 10.8. The van der Waals surface area contributed by atoms with Gasteiger partial charge in [-0.15, -0.1) is 0 Å². The molecule has 1 fully saturated rings. The zero-order valence-corrected chi connectivity index (χ0v) is 21.3. The van der Waals surface area contributed by atoms with Crippen molar-refractivity contribution in [3.8, 4) is 5.75 Å². The van der Waals surface area contributed by atoms with Gasteiger partial charge in [0.1, 0.15) is 22.8 Å². The first kappa shape index (κ1) is 25.9. The van der Waals surface area contributed by atoms with Crippen LogP contribution in [-0.2, 0) is 24.5 Å². The number of carbonyl (C=O) groups excluding carboxylic acids is 3. The highest BCUT2D eigenvalue weighted by Gasteiger charge is 2.62. The molecule has 3 aromatic carbocycles. The smallest absolute Gasteiger partial charge is 0.343 e. The van der Waals surface area contributed by atoms with Crippen molar-refractivity contribution in [2.24, 2.45) is 0 Å². The highest BCUT2D eigenvalue weighted by molar-refractivity contribution is 6.31. The Hall–Kier alpha value is -3.69. The molecule has 0 bridgehead atoms. The van der Waals surface area contributed by atoms with Gasteiger partial charge in [0.2, 0.25) is 11.8 Å². The molecule has 196 valence electrons. The predicted molar refractivity (Wildman–Crippen MR) is 135 cm³/mol. The second-order valence-electron chi connectivity index (χ2n) is 8.98. The van der Waals surface area contributed by atoms with Crippen molar-refractivity contribution in [1.29, 1.82) is 0 Å². The van der Waals surface area contributed by atoms with Crippen molar-refractivity contribution >= 4 is 46.7 Å². The summed E-state index contributed by atoms with van der Waals surface area (Å²) in [5.74, 6) is -4.08. The van der Waals surface area contributed by atoms with Crippen LogP contribution in [0.1, 0.15) is 35.1 Å². The van der Waals surface area contributed by atoms with Gasteiger partial charge in [0.25, 0.3) is 0 Å². The van der Waals surface area contributed by atoms with Crippen LogP contribution < -0.4 is 15.4 Å². The number of hydrogen-bond donors (Lipinski definition) is 2. The summed E-state index contributed by atoms with van der Waals surface area (Å²) in [6.45, 7) is -0.447. The van der Waals surface area contributed by atoms with E-state index < -0.39 is 53.4 Å². The fourth-order valence-electron chi connectivity index (χ4n) is 5.38. The van der Waals surface area contributed by atoms with Gasteiger partial charge in [0, 0.05) is 39.2 Å². The third kappa shape index (κ3) is 4.25. The monoisotopic (exact) mass is 560 g/mol. The van der Waals surface area contributed by atoms with E-state index in [4.69, 9.17) is 27.9 Å². The molecular weight excluding hydrogens is 541 g/mol. The molecule has 3 aromatic rings. The number of benzene rings is 3. The maximum Gasteiger partial charge on any atom is 0.343 e. The quantitative estimate of drug-likeness (QED) is 0.425. The lowest BCUT2D eigenvalue weighted by Crippen LogP contribution is -2.57. The Morgan fingerprint density at radius 2 is 1.76 bits per heavy atom. The second kappa shape index (κ2) is 9.89. The number of methoxy groups -OCH3 is 1. The van der Waals surface area contributed by atoms with Crippen LogP contribution in [0.25, 0.3) is 0 Å². The number of halogens is 4. The topological polar surface area (TPSA) is 93.7 Å². The molecule has 2 N–H and O–H groups in total. The molecule has 2 aliphatic heterocycles. The molecule has 0 saturated carbocycles. The van der Waals surface area contributed by atoms with E-state index in [-0.39, 0.29) is 22.8 Å². The van der Waals surface area contributed by atoms with Gasteiger partial charge >= 0.3 is 5.97 Å². The molecular formula is C27H20Cl2F2N2O5. The number of fused-ring (bicyclic) bond motifs is 2. The number of anilines is 1. The first-order valence-corrected chi connectivity index (χ1v) is 12.3. The number of carbonyl (C=O) groups is 3. The van der Waals surface area contributed by atoms with Crippen LogP contribution in [0.15, 0.2) is 54.6 Å². The van der Waals surface area contributed by atoms with E-state index in [0.717, 1.165) is 18.2 Å². The Morgan fingerprint density at radius 1 is 1.03 bits per heavy atom. The number of amides is 2. The Bertz CT molecular complexity index is 1480.